The largest absolute Gasteiger partial charge is 0.425 e. The van der Waals surface area contributed by atoms with Crippen LogP contribution in [0.5, 0.6) is 5.75 Å². The normalized spacial score (nSPS) is 34.2. The van der Waals surface area contributed by atoms with E-state index in [2.05, 4.69) is 32.9 Å². The Bertz CT molecular complexity index is 879. The topological polar surface area (TPSA) is 63.7 Å². The Kier molecular flexibility index (Phi) is 4.03. The molecule has 1 saturated heterocycles. The van der Waals surface area contributed by atoms with Crippen molar-refractivity contribution in [1.29, 1.82) is 0 Å². The zero-order chi connectivity index (χ0) is 20.5. The first-order valence-electron chi connectivity index (χ1n) is 10.7. The van der Waals surface area contributed by atoms with Crippen molar-refractivity contribution < 1.29 is 19.1 Å². The molecule has 3 fully saturated rings. The SMILES string of the molecule is CCC(C)(C)c1ccc(OC(=O)CN2C(=O)[C@@H]3[C@H]4C=C[C@@H]([C@@H]5C[C@H]45)[C@@H]3C2=O)cc1. The van der Waals surface area contributed by atoms with E-state index < -0.39 is 5.97 Å². The van der Waals surface area contributed by atoms with Crippen LogP contribution in [-0.2, 0) is 19.8 Å². The van der Waals surface area contributed by atoms with Crippen LogP contribution < -0.4 is 4.74 Å². The fraction of sp³-hybridized carbons (Fsp3) is 0.542. The number of hydrogen-bond acceptors (Lipinski definition) is 4. The molecule has 0 aromatic heterocycles. The smallest absolute Gasteiger partial charge is 0.331 e. The number of esters is 1. The number of likely N-dealkylation sites (tertiary alicyclic amines) is 1. The third-order valence-corrected chi connectivity index (χ3v) is 7.79. The minimum absolute atomic E-state index is 0.0569. The van der Waals surface area contributed by atoms with Crippen molar-refractivity contribution in [1.82, 2.24) is 4.90 Å². The summed E-state index contributed by atoms with van der Waals surface area (Å²) >= 11 is 0. The van der Waals surface area contributed by atoms with Crippen molar-refractivity contribution >= 4 is 17.8 Å². The predicted molar refractivity (Wildman–Crippen MR) is 107 cm³/mol. The molecule has 0 unspecified atom stereocenters. The van der Waals surface area contributed by atoms with Gasteiger partial charge in [-0.3, -0.25) is 14.5 Å². The average Bonchev–Trinajstić information content (AvgIpc) is 3.49. The van der Waals surface area contributed by atoms with E-state index in [-0.39, 0.29) is 47.4 Å². The lowest BCUT2D eigenvalue weighted by atomic mass is 9.63. The number of allylic oxidation sites excluding steroid dienone is 2. The standard InChI is InChI=1S/C24H27NO4/c1-4-24(2,3)13-5-7-14(8-6-13)29-19(26)12-25-22(27)20-15-9-10-16(18-11-17(15)18)21(20)23(25)28/h5-10,15-18,20-21H,4,11-12H2,1-3H3/t15-,16-,17-,18+,20-,21+/m0/s1. The second-order valence-electron chi connectivity index (χ2n) is 9.65. The maximum Gasteiger partial charge on any atom is 0.331 e. The van der Waals surface area contributed by atoms with Gasteiger partial charge in [-0.05, 0) is 59.6 Å². The van der Waals surface area contributed by atoms with Crippen molar-refractivity contribution in [2.75, 3.05) is 6.54 Å². The van der Waals surface area contributed by atoms with Crippen LogP contribution in [0.1, 0.15) is 39.2 Å². The molecule has 2 saturated carbocycles. The van der Waals surface area contributed by atoms with Crippen molar-refractivity contribution in [3.05, 3.63) is 42.0 Å². The Balaban J connectivity index is 1.26. The van der Waals surface area contributed by atoms with Gasteiger partial charge in [0.1, 0.15) is 12.3 Å². The molecule has 4 aliphatic carbocycles. The molecule has 152 valence electrons. The summed E-state index contributed by atoms with van der Waals surface area (Å²) in [5.74, 6) is 0.381. The van der Waals surface area contributed by atoms with Crippen LogP contribution in [0.4, 0.5) is 0 Å². The van der Waals surface area contributed by atoms with Gasteiger partial charge in [-0.1, -0.05) is 45.1 Å². The monoisotopic (exact) mass is 393 g/mol. The molecule has 6 atom stereocenters. The highest BCUT2D eigenvalue weighted by atomic mass is 16.5. The quantitative estimate of drug-likeness (QED) is 0.333. The first kappa shape index (κ1) is 18.6. The van der Waals surface area contributed by atoms with Crippen LogP contribution in [0.15, 0.2) is 36.4 Å². The molecule has 6 rings (SSSR count). The molecule has 0 radical (unpaired) electrons. The van der Waals surface area contributed by atoms with Gasteiger partial charge in [0, 0.05) is 0 Å². The first-order chi connectivity index (χ1) is 13.8. The second-order valence-corrected chi connectivity index (χ2v) is 9.65. The zero-order valence-corrected chi connectivity index (χ0v) is 17.1. The molecular weight excluding hydrogens is 366 g/mol. The van der Waals surface area contributed by atoms with Gasteiger partial charge in [-0.15, -0.1) is 0 Å². The van der Waals surface area contributed by atoms with Gasteiger partial charge < -0.3 is 4.74 Å². The van der Waals surface area contributed by atoms with Crippen LogP contribution >= 0.6 is 0 Å². The lowest BCUT2D eigenvalue weighted by molar-refractivity contribution is -0.148. The fourth-order valence-corrected chi connectivity index (χ4v) is 5.65. The maximum absolute atomic E-state index is 12.9. The highest BCUT2D eigenvalue weighted by Crippen LogP contribution is 2.65. The number of ether oxygens (including phenoxy) is 1. The van der Waals surface area contributed by atoms with E-state index in [1.807, 2.05) is 12.1 Å². The van der Waals surface area contributed by atoms with Gasteiger partial charge in [0.2, 0.25) is 11.8 Å². The first-order valence-corrected chi connectivity index (χ1v) is 10.7. The number of nitrogens with zero attached hydrogens (tertiary/aromatic N) is 1. The summed E-state index contributed by atoms with van der Waals surface area (Å²) < 4.78 is 5.43. The molecule has 29 heavy (non-hydrogen) atoms. The molecule has 5 aliphatic rings. The molecule has 0 N–H and O–H groups in total. The van der Waals surface area contributed by atoms with Gasteiger partial charge in [-0.25, -0.2) is 4.79 Å². The Morgan fingerprint density at radius 2 is 1.59 bits per heavy atom. The Labute approximate surface area is 171 Å². The number of carbonyl (C=O) groups is 3. The summed E-state index contributed by atoms with van der Waals surface area (Å²) in [5.41, 5.74) is 1.23. The highest BCUT2D eigenvalue weighted by Gasteiger charge is 2.67. The molecule has 5 nitrogen and oxygen atoms in total. The Morgan fingerprint density at radius 1 is 1.03 bits per heavy atom. The summed E-state index contributed by atoms with van der Waals surface area (Å²) in [4.78, 5) is 39.5. The summed E-state index contributed by atoms with van der Waals surface area (Å²) in [7, 11) is 0. The number of hydrogen-bond donors (Lipinski definition) is 0. The minimum atomic E-state index is -0.571. The summed E-state index contributed by atoms with van der Waals surface area (Å²) in [6.07, 6.45) is 6.40. The number of imide groups is 1. The summed E-state index contributed by atoms with van der Waals surface area (Å²) in [5, 5.41) is 0. The van der Waals surface area contributed by atoms with Gasteiger partial charge in [0.15, 0.2) is 0 Å². The number of amides is 2. The van der Waals surface area contributed by atoms with Crippen LogP contribution in [-0.4, -0.2) is 29.2 Å². The number of carbonyl (C=O) groups excluding carboxylic acids is 3. The molecule has 1 heterocycles. The molecule has 1 aromatic carbocycles. The predicted octanol–water partition coefficient (Wildman–Crippen LogP) is 3.33. The second kappa shape index (κ2) is 6.28. The van der Waals surface area contributed by atoms with E-state index >= 15 is 0 Å². The van der Waals surface area contributed by atoms with Crippen molar-refractivity contribution in [2.24, 2.45) is 35.5 Å². The molecule has 2 amide bonds. The van der Waals surface area contributed by atoms with Crippen molar-refractivity contribution in [3.8, 4) is 5.75 Å². The lowest BCUT2D eigenvalue weighted by Gasteiger charge is -2.37. The van der Waals surface area contributed by atoms with E-state index in [1.54, 1.807) is 12.1 Å². The molecule has 0 spiro atoms. The lowest BCUT2D eigenvalue weighted by Crippen LogP contribution is -2.40. The third-order valence-electron chi connectivity index (χ3n) is 7.79. The molecule has 2 bridgehead atoms. The highest BCUT2D eigenvalue weighted by molar-refractivity contribution is 6.08. The van der Waals surface area contributed by atoms with Crippen LogP contribution in [0.25, 0.3) is 0 Å². The average molecular weight is 393 g/mol. The Hall–Kier alpha value is -2.43. The zero-order valence-electron chi connectivity index (χ0n) is 17.1. The van der Waals surface area contributed by atoms with E-state index in [1.165, 1.54) is 5.56 Å². The van der Waals surface area contributed by atoms with Gasteiger partial charge in [0.25, 0.3) is 0 Å². The molecule has 1 aromatic rings. The maximum atomic E-state index is 12.9. The van der Waals surface area contributed by atoms with Crippen molar-refractivity contribution in [2.45, 2.75) is 39.0 Å². The van der Waals surface area contributed by atoms with Crippen LogP contribution in [0, 0.1) is 35.5 Å². The molecule has 5 heteroatoms. The summed E-state index contributed by atoms with van der Waals surface area (Å²) in [6, 6.07) is 7.47. The van der Waals surface area contributed by atoms with Crippen molar-refractivity contribution in [3.63, 3.8) is 0 Å². The fourth-order valence-electron chi connectivity index (χ4n) is 5.65. The summed E-state index contributed by atoms with van der Waals surface area (Å²) in [6.45, 7) is 6.18. The van der Waals surface area contributed by atoms with Gasteiger partial charge >= 0.3 is 5.97 Å². The van der Waals surface area contributed by atoms with Gasteiger partial charge in [0.05, 0.1) is 11.8 Å². The Morgan fingerprint density at radius 3 is 2.10 bits per heavy atom. The third kappa shape index (κ3) is 2.77. The van der Waals surface area contributed by atoms with Crippen LogP contribution in [0.2, 0.25) is 0 Å². The molecule has 1 aliphatic heterocycles. The van der Waals surface area contributed by atoms with E-state index in [0.29, 0.717) is 17.6 Å². The minimum Gasteiger partial charge on any atom is -0.425 e. The van der Waals surface area contributed by atoms with Gasteiger partial charge in [-0.2, -0.15) is 0 Å². The molecular formula is C24H27NO4. The number of benzene rings is 1. The van der Waals surface area contributed by atoms with E-state index in [0.717, 1.165) is 17.7 Å². The van der Waals surface area contributed by atoms with E-state index in [9.17, 15) is 14.4 Å². The number of rotatable bonds is 5. The van der Waals surface area contributed by atoms with Crippen LogP contribution in [0.3, 0.4) is 0 Å². The van der Waals surface area contributed by atoms with E-state index in [4.69, 9.17) is 4.74 Å².